The summed E-state index contributed by atoms with van der Waals surface area (Å²) in [7, 11) is 0. The maximum Gasteiger partial charge on any atom is 0.210 e. The summed E-state index contributed by atoms with van der Waals surface area (Å²) in [6.45, 7) is 3.67. The number of rotatable bonds is 2. The fourth-order valence-electron chi connectivity index (χ4n) is 1.99. The van der Waals surface area contributed by atoms with E-state index in [1.165, 1.54) is 0 Å². The highest BCUT2D eigenvalue weighted by atomic mass is 16.5. The first-order chi connectivity index (χ1) is 8.79. The summed E-state index contributed by atoms with van der Waals surface area (Å²) in [6.07, 6.45) is 0.933. The quantitative estimate of drug-likeness (QED) is 0.320. The highest BCUT2D eigenvalue weighted by Gasteiger charge is 2.21. The van der Waals surface area contributed by atoms with Crippen molar-refractivity contribution in [3.63, 3.8) is 0 Å². The first-order valence-corrected chi connectivity index (χ1v) is 6.24. The van der Waals surface area contributed by atoms with Crippen molar-refractivity contribution in [3.8, 4) is 0 Å². The molecule has 0 bridgehead atoms. The van der Waals surface area contributed by atoms with Crippen LogP contribution >= 0.6 is 0 Å². The van der Waals surface area contributed by atoms with Crippen LogP contribution in [0.3, 0.4) is 0 Å². The lowest BCUT2D eigenvalue weighted by molar-refractivity contribution is 0.0496. The minimum Gasteiger partial charge on any atom is -0.381 e. The zero-order valence-corrected chi connectivity index (χ0v) is 10.6. The summed E-state index contributed by atoms with van der Waals surface area (Å²) in [5, 5.41) is 3.17. The number of hydrogen-bond donors (Lipinski definition) is 3. The molecule has 0 aromatic heterocycles. The monoisotopic (exact) mass is 248 g/mol. The summed E-state index contributed by atoms with van der Waals surface area (Å²) in [5.74, 6) is 6.52. The van der Waals surface area contributed by atoms with E-state index in [4.69, 9.17) is 10.6 Å². The Morgan fingerprint density at radius 1 is 1.39 bits per heavy atom. The molecular formula is C13H20N4O. The lowest BCUT2D eigenvalue weighted by atomic mass is 9.99. The van der Waals surface area contributed by atoms with Gasteiger partial charge in [-0.05, 0) is 18.6 Å². The number of nitrogens with zero attached hydrogens (tertiary/aromatic N) is 1. The number of nitrogens with two attached hydrogens (primary N) is 1. The van der Waals surface area contributed by atoms with Gasteiger partial charge in [-0.1, -0.05) is 25.1 Å². The van der Waals surface area contributed by atoms with Crippen molar-refractivity contribution >= 4 is 11.6 Å². The van der Waals surface area contributed by atoms with Crippen molar-refractivity contribution in [2.24, 2.45) is 16.8 Å². The minimum atomic E-state index is 0.251. The standard InChI is InChI=1S/C13H20N4O/c1-10-9-18-8-7-12(10)16-13(17-14)15-11-5-3-2-4-6-11/h2-6,10,12H,7-9,14H2,1H3,(H2,15,16,17). The van der Waals surface area contributed by atoms with Crippen molar-refractivity contribution in [2.45, 2.75) is 19.4 Å². The average molecular weight is 248 g/mol. The minimum absolute atomic E-state index is 0.251. The molecule has 0 saturated carbocycles. The zero-order chi connectivity index (χ0) is 12.8. The molecule has 1 fully saturated rings. The van der Waals surface area contributed by atoms with E-state index < -0.39 is 0 Å². The lowest BCUT2D eigenvalue weighted by Crippen LogP contribution is -2.39. The first kappa shape index (κ1) is 12.9. The van der Waals surface area contributed by atoms with E-state index in [1.54, 1.807) is 0 Å². The number of benzene rings is 1. The second-order valence-electron chi connectivity index (χ2n) is 4.52. The molecule has 1 aromatic rings. The van der Waals surface area contributed by atoms with Gasteiger partial charge in [-0.3, -0.25) is 5.43 Å². The van der Waals surface area contributed by atoms with E-state index in [0.29, 0.717) is 11.9 Å². The van der Waals surface area contributed by atoms with Crippen molar-refractivity contribution in [1.82, 2.24) is 5.43 Å². The molecule has 2 unspecified atom stereocenters. The average Bonchev–Trinajstić information content (AvgIpc) is 2.41. The third-order valence-electron chi connectivity index (χ3n) is 3.06. The number of hydrazine groups is 1. The Morgan fingerprint density at radius 3 is 2.83 bits per heavy atom. The predicted octanol–water partition coefficient (Wildman–Crippen LogP) is 1.34. The Bertz CT molecular complexity index is 393. The molecule has 2 atom stereocenters. The number of guanidine groups is 1. The molecule has 1 aliphatic heterocycles. The van der Waals surface area contributed by atoms with Gasteiger partial charge in [-0.15, -0.1) is 0 Å². The maximum atomic E-state index is 5.51. The third kappa shape index (κ3) is 3.45. The molecule has 1 aliphatic rings. The Kier molecular flexibility index (Phi) is 4.55. The fraction of sp³-hybridized carbons (Fsp3) is 0.462. The van der Waals surface area contributed by atoms with Gasteiger partial charge in [0.25, 0.3) is 0 Å². The van der Waals surface area contributed by atoms with Crippen LogP contribution in [-0.4, -0.2) is 25.2 Å². The molecule has 5 nitrogen and oxygen atoms in total. The lowest BCUT2D eigenvalue weighted by Gasteiger charge is -2.26. The smallest absolute Gasteiger partial charge is 0.210 e. The Morgan fingerprint density at radius 2 is 2.17 bits per heavy atom. The normalized spacial score (nSPS) is 24.7. The molecule has 5 heteroatoms. The van der Waals surface area contributed by atoms with Gasteiger partial charge in [0.05, 0.1) is 12.6 Å². The van der Waals surface area contributed by atoms with Crippen LogP contribution in [-0.2, 0) is 4.74 Å². The number of aliphatic imine (C=N–C) groups is 1. The molecule has 98 valence electrons. The van der Waals surface area contributed by atoms with Crippen LogP contribution in [0.2, 0.25) is 0 Å². The van der Waals surface area contributed by atoms with E-state index in [9.17, 15) is 0 Å². The summed E-state index contributed by atoms with van der Waals surface area (Å²) in [4.78, 5) is 4.62. The maximum absolute atomic E-state index is 5.51. The molecule has 1 heterocycles. The molecule has 18 heavy (non-hydrogen) atoms. The SMILES string of the molecule is CC1COCCC1N=C(NN)Nc1ccccc1. The first-order valence-electron chi connectivity index (χ1n) is 6.24. The van der Waals surface area contributed by atoms with Crippen molar-refractivity contribution in [3.05, 3.63) is 30.3 Å². The number of nitrogens with one attached hydrogen (secondary N) is 2. The number of anilines is 1. The van der Waals surface area contributed by atoms with E-state index >= 15 is 0 Å². The van der Waals surface area contributed by atoms with Gasteiger partial charge in [0.2, 0.25) is 5.96 Å². The highest BCUT2D eigenvalue weighted by molar-refractivity contribution is 5.93. The van der Waals surface area contributed by atoms with Crippen LogP contribution in [0.1, 0.15) is 13.3 Å². The second-order valence-corrected chi connectivity index (χ2v) is 4.52. The van der Waals surface area contributed by atoms with E-state index in [0.717, 1.165) is 25.3 Å². The van der Waals surface area contributed by atoms with Crippen molar-refractivity contribution < 1.29 is 4.74 Å². The van der Waals surface area contributed by atoms with Gasteiger partial charge >= 0.3 is 0 Å². The fourth-order valence-corrected chi connectivity index (χ4v) is 1.99. The van der Waals surface area contributed by atoms with Gasteiger partial charge in [-0.25, -0.2) is 10.8 Å². The molecule has 4 N–H and O–H groups in total. The van der Waals surface area contributed by atoms with Crippen LogP contribution in [0.15, 0.2) is 35.3 Å². The molecular weight excluding hydrogens is 228 g/mol. The zero-order valence-electron chi connectivity index (χ0n) is 10.6. The highest BCUT2D eigenvalue weighted by Crippen LogP contribution is 2.17. The Labute approximate surface area is 107 Å². The van der Waals surface area contributed by atoms with Crippen molar-refractivity contribution in [1.29, 1.82) is 0 Å². The predicted molar refractivity (Wildman–Crippen MR) is 73.2 cm³/mol. The number of hydrogen-bond acceptors (Lipinski definition) is 3. The molecule has 1 aromatic carbocycles. The second kappa shape index (κ2) is 6.37. The van der Waals surface area contributed by atoms with Crippen molar-refractivity contribution in [2.75, 3.05) is 18.5 Å². The molecule has 0 spiro atoms. The third-order valence-corrected chi connectivity index (χ3v) is 3.06. The molecule has 0 aliphatic carbocycles. The Balaban J connectivity index is 2.03. The van der Waals surface area contributed by atoms with E-state index in [1.807, 2.05) is 30.3 Å². The number of ether oxygens (including phenoxy) is 1. The summed E-state index contributed by atoms with van der Waals surface area (Å²) >= 11 is 0. The van der Waals surface area contributed by atoms with Gasteiger partial charge in [0.15, 0.2) is 0 Å². The van der Waals surface area contributed by atoms with Crippen LogP contribution in [0.5, 0.6) is 0 Å². The summed E-state index contributed by atoms with van der Waals surface area (Å²) in [6, 6.07) is 10.1. The van der Waals surface area contributed by atoms with Crippen LogP contribution in [0.25, 0.3) is 0 Å². The molecule has 1 saturated heterocycles. The van der Waals surface area contributed by atoms with E-state index in [-0.39, 0.29) is 6.04 Å². The van der Waals surface area contributed by atoms with Crippen LogP contribution in [0.4, 0.5) is 5.69 Å². The molecule has 0 amide bonds. The molecule has 0 radical (unpaired) electrons. The topological polar surface area (TPSA) is 71.7 Å². The van der Waals surface area contributed by atoms with Gasteiger partial charge in [0, 0.05) is 18.2 Å². The Hall–Kier alpha value is -1.59. The summed E-state index contributed by atoms with van der Waals surface area (Å²) < 4.78 is 5.40. The van der Waals surface area contributed by atoms with E-state index in [2.05, 4.69) is 22.7 Å². The molecule has 2 rings (SSSR count). The van der Waals surface area contributed by atoms with Gasteiger partial charge in [0.1, 0.15) is 0 Å². The largest absolute Gasteiger partial charge is 0.381 e. The summed E-state index contributed by atoms with van der Waals surface area (Å²) in [5.41, 5.74) is 3.58. The number of para-hydroxylation sites is 1. The van der Waals surface area contributed by atoms with Crippen LogP contribution < -0.4 is 16.6 Å². The van der Waals surface area contributed by atoms with Gasteiger partial charge in [-0.2, -0.15) is 0 Å². The van der Waals surface area contributed by atoms with Gasteiger partial charge < -0.3 is 10.1 Å². The van der Waals surface area contributed by atoms with Crippen LogP contribution in [0, 0.1) is 5.92 Å².